The molecule has 3 rings (SSSR count). The largest absolute Gasteiger partial charge is 0.478 e. The molecule has 6 heteroatoms. The summed E-state index contributed by atoms with van der Waals surface area (Å²) in [5.74, 6) is -2.87. The predicted molar refractivity (Wildman–Crippen MR) is 108 cm³/mol. The Kier molecular flexibility index (Phi) is 7.11. The zero-order valence-corrected chi connectivity index (χ0v) is 16.4. The number of Topliss-reactive ketones (excluding diaryl/α,β-unsaturated/α-hetero) is 1. The molecule has 2 aromatic carbocycles. The Hall–Kier alpha value is -2.86. The van der Waals surface area contributed by atoms with Crippen molar-refractivity contribution >= 4 is 11.8 Å². The summed E-state index contributed by atoms with van der Waals surface area (Å²) in [6, 6.07) is 10.5. The summed E-state index contributed by atoms with van der Waals surface area (Å²) < 4.78 is 27.1. The zero-order chi connectivity index (χ0) is 21.7. The molecular formula is C24H24F2O4. The molecule has 0 saturated heterocycles. The Balaban J connectivity index is 1.58. The van der Waals surface area contributed by atoms with Gasteiger partial charge in [-0.1, -0.05) is 36.4 Å². The van der Waals surface area contributed by atoms with E-state index in [1.165, 1.54) is 12.1 Å². The number of ketones is 1. The summed E-state index contributed by atoms with van der Waals surface area (Å²) in [5.41, 5.74) is 1.29. The molecule has 30 heavy (non-hydrogen) atoms. The Morgan fingerprint density at radius 1 is 1.17 bits per heavy atom. The fourth-order valence-corrected chi connectivity index (χ4v) is 3.95. The average Bonchev–Trinajstić information content (AvgIpc) is 3.08. The highest BCUT2D eigenvalue weighted by Gasteiger charge is 2.32. The molecule has 1 saturated carbocycles. The van der Waals surface area contributed by atoms with Crippen LogP contribution in [0.2, 0.25) is 0 Å². The van der Waals surface area contributed by atoms with Gasteiger partial charge in [0.05, 0.1) is 11.7 Å². The maximum Gasteiger partial charge on any atom is 0.335 e. The fraction of sp³-hybridized carbons (Fsp3) is 0.333. The number of hydrogen-bond donors (Lipinski definition) is 2. The number of carbonyl (C=O) groups excluding carboxylic acids is 1. The normalized spacial score (nSPS) is 20.0. The van der Waals surface area contributed by atoms with E-state index in [4.69, 9.17) is 5.11 Å². The first-order valence-electron chi connectivity index (χ1n) is 9.99. The van der Waals surface area contributed by atoms with Crippen LogP contribution in [0.25, 0.3) is 0 Å². The number of benzene rings is 2. The van der Waals surface area contributed by atoms with E-state index in [2.05, 4.69) is 0 Å². The lowest BCUT2D eigenvalue weighted by Gasteiger charge is -2.16. The van der Waals surface area contributed by atoms with E-state index >= 15 is 0 Å². The van der Waals surface area contributed by atoms with Crippen LogP contribution in [0.5, 0.6) is 0 Å². The Morgan fingerprint density at radius 2 is 1.90 bits per heavy atom. The minimum atomic E-state index is -0.977. The molecule has 3 atom stereocenters. The molecule has 0 heterocycles. The molecule has 158 valence electrons. The SMILES string of the molecule is O=C(O)c1ccc(CCC2C(=O)CCC2/C=C/C(O)Cc2cccc(F)c2F)cc1. The van der Waals surface area contributed by atoms with Crippen molar-refractivity contribution in [3.63, 3.8) is 0 Å². The molecule has 0 aliphatic heterocycles. The highest BCUT2D eigenvalue weighted by molar-refractivity contribution is 5.87. The van der Waals surface area contributed by atoms with E-state index in [1.807, 2.05) is 6.08 Å². The van der Waals surface area contributed by atoms with Crippen LogP contribution >= 0.6 is 0 Å². The van der Waals surface area contributed by atoms with E-state index in [0.29, 0.717) is 25.7 Å². The van der Waals surface area contributed by atoms with Crippen LogP contribution in [0.3, 0.4) is 0 Å². The summed E-state index contributed by atoms with van der Waals surface area (Å²) in [5, 5.41) is 19.2. The van der Waals surface area contributed by atoms with Gasteiger partial charge >= 0.3 is 5.97 Å². The minimum absolute atomic E-state index is 0.0113. The molecule has 0 radical (unpaired) electrons. The lowest BCUT2D eigenvalue weighted by atomic mass is 9.88. The summed E-state index contributed by atoms with van der Waals surface area (Å²) >= 11 is 0. The van der Waals surface area contributed by atoms with Crippen molar-refractivity contribution in [1.82, 2.24) is 0 Å². The number of hydrogen-bond acceptors (Lipinski definition) is 3. The second-order valence-corrected chi connectivity index (χ2v) is 7.69. The van der Waals surface area contributed by atoms with Gasteiger partial charge in [0.25, 0.3) is 0 Å². The minimum Gasteiger partial charge on any atom is -0.478 e. The molecule has 2 aromatic rings. The second kappa shape index (κ2) is 9.76. The van der Waals surface area contributed by atoms with Crippen molar-refractivity contribution in [2.24, 2.45) is 11.8 Å². The summed E-state index contributed by atoms with van der Waals surface area (Å²) in [7, 11) is 0. The van der Waals surface area contributed by atoms with Crippen LogP contribution in [0.1, 0.15) is 40.7 Å². The van der Waals surface area contributed by atoms with Crippen molar-refractivity contribution in [3.8, 4) is 0 Å². The van der Waals surface area contributed by atoms with Crippen molar-refractivity contribution < 1.29 is 28.6 Å². The van der Waals surface area contributed by atoms with Gasteiger partial charge in [0, 0.05) is 18.8 Å². The van der Waals surface area contributed by atoms with Crippen LogP contribution in [-0.2, 0) is 17.6 Å². The van der Waals surface area contributed by atoms with Gasteiger partial charge in [0.15, 0.2) is 11.6 Å². The third-order valence-electron chi connectivity index (χ3n) is 5.64. The highest BCUT2D eigenvalue weighted by atomic mass is 19.2. The van der Waals surface area contributed by atoms with E-state index < -0.39 is 23.7 Å². The Morgan fingerprint density at radius 3 is 2.60 bits per heavy atom. The van der Waals surface area contributed by atoms with Crippen LogP contribution in [0, 0.1) is 23.5 Å². The molecular weight excluding hydrogens is 390 g/mol. The number of carboxylic acids is 1. The molecule has 4 nitrogen and oxygen atoms in total. The number of allylic oxidation sites excluding steroid dienone is 1. The van der Waals surface area contributed by atoms with Crippen LogP contribution in [0.15, 0.2) is 54.6 Å². The van der Waals surface area contributed by atoms with Crippen molar-refractivity contribution in [2.45, 2.75) is 38.2 Å². The third-order valence-corrected chi connectivity index (χ3v) is 5.64. The third kappa shape index (κ3) is 5.39. The van der Waals surface area contributed by atoms with Crippen LogP contribution in [0.4, 0.5) is 8.78 Å². The zero-order valence-electron chi connectivity index (χ0n) is 16.4. The van der Waals surface area contributed by atoms with Crippen LogP contribution in [-0.4, -0.2) is 28.1 Å². The first-order chi connectivity index (χ1) is 14.3. The van der Waals surface area contributed by atoms with Gasteiger partial charge in [-0.15, -0.1) is 0 Å². The van der Waals surface area contributed by atoms with Crippen molar-refractivity contribution in [3.05, 3.63) is 82.9 Å². The van der Waals surface area contributed by atoms with Gasteiger partial charge in [0.2, 0.25) is 0 Å². The Bertz CT molecular complexity index is 937. The lowest BCUT2D eigenvalue weighted by Crippen LogP contribution is -2.15. The van der Waals surface area contributed by atoms with E-state index in [0.717, 1.165) is 11.6 Å². The number of carbonyl (C=O) groups is 2. The standard InChI is InChI=1S/C24H24F2O4/c25-21-3-1-2-18(23(21)26)14-19(27)11-9-16-10-13-22(28)20(16)12-6-15-4-7-17(8-5-15)24(29)30/h1-5,7-9,11,16,19-20,27H,6,10,12-14H2,(H,29,30)/b11-9+. The van der Waals surface area contributed by atoms with Gasteiger partial charge in [-0.3, -0.25) is 4.79 Å². The van der Waals surface area contributed by atoms with Crippen molar-refractivity contribution in [1.29, 1.82) is 0 Å². The van der Waals surface area contributed by atoms with Gasteiger partial charge < -0.3 is 10.2 Å². The number of rotatable bonds is 8. The molecule has 0 aromatic heterocycles. The number of carboxylic acid groups (broad SMARTS) is 1. The average molecular weight is 414 g/mol. The summed E-state index contributed by atoms with van der Waals surface area (Å²) in [6.45, 7) is 0. The monoisotopic (exact) mass is 414 g/mol. The van der Waals surface area contributed by atoms with Gasteiger partial charge in [-0.25, -0.2) is 13.6 Å². The number of halogens is 2. The fourth-order valence-electron chi connectivity index (χ4n) is 3.95. The van der Waals surface area contributed by atoms with Crippen molar-refractivity contribution in [2.75, 3.05) is 0 Å². The molecule has 1 aliphatic carbocycles. The summed E-state index contributed by atoms with van der Waals surface area (Å²) in [6.07, 6.45) is 4.81. The van der Waals surface area contributed by atoms with Gasteiger partial charge in [0.1, 0.15) is 5.78 Å². The predicted octanol–water partition coefficient (Wildman–Crippen LogP) is 4.35. The number of aryl methyl sites for hydroxylation is 1. The van der Waals surface area contributed by atoms with Gasteiger partial charge in [-0.05, 0) is 54.5 Å². The molecule has 3 unspecified atom stereocenters. The molecule has 1 fully saturated rings. The van der Waals surface area contributed by atoms with Crippen LogP contribution < -0.4 is 0 Å². The highest BCUT2D eigenvalue weighted by Crippen LogP contribution is 2.33. The van der Waals surface area contributed by atoms with E-state index in [9.17, 15) is 23.5 Å². The molecule has 0 spiro atoms. The molecule has 1 aliphatic rings. The molecule has 0 bridgehead atoms. The van der Waals surface area contributed by atoms with E-state index in [1.54, 1.807) is 30.3 Å². The maximum atomic E-state index is 13.8. The first-order valence-corrected chi connectivity index (χ1v) is 9.99. The number of aliphatic hydroxyl groups is 1. The first kappa shape index (κ1) is 21.8. The maximum absolute atomic E-state index is 13.8. The molecule has 0 amide bonds. The van der Waals surface area contributed by atoms with E-state index in [-0.39, 0.29) is 35.2 Å². The van der Waals surface area contributed by atoms with Gasteiger partial charge in [-0.2, -0.15) is 0 Å². The number of aromatic carboxylic acids is 1. The topological polar surface area (TPSA) is 74.6 Å². The quantitative estimate of drug-likeness (QED) is 0.630. The molecule has 2 N–H and O–H groups in total. The smallest absolute Gasteiger partial charge is 0.335 e. The lowest BCUT2D eigenvalue weighted by molar-refractivity contribution is -0.121. The second-order valence-electron chi connectivity index (χ2n) is 7.69. The summed E-state index contributed by atoms with van der Waals surface area (Å²) in [4.78, 5) is 23.2. The number of aliphatic hydroxyl groups excluding tert-OH is 1. The Labute approximate surface area is 173 Å².